The minimum atomic E-state index is -5.03. The van der Waals surface area contributed by atoms with E-state index in [9.17, 15) is 12.9 Å². The second kappa shape index (κ2) is 8.84. The topological polar surface area (TPSA) is 33.0 Å². The molecule has 2 N–H and O–H groups in total. The molecule has 0 aliphatic rings. The molecule has 0 heterocycles. The zero-order valence-corrected chi connectivity index (χ0v) is 11.1. The Labute approximate surface area is 103 Å². The van der Waals surface area contributed by atoms with Crippen LogP contribution >= 0.6 is 30.8 Å². The predicted molar refractivity (Wildman–Crippen MR) is 68.9 cm³/mol. The molecule has 1 radical (unpaired) electrons. The Morgan fingerprint density at radius 1 is 1.53 bits per heavy atom. The summed E-state index contributed by atoms with van der Waals surface area (Å²) in [4.78, 5) is 1.94. The van der Waals surface area contributed by atoms with Crippen molar-refractivity contribution in [3.8, 4) is 0 Å². The van der Waals surface area contributed by atoms with Crippen molar-refractivity contribution in [2.75, 3.05) is 19.4 Å². The molecule has 0 amide bonds. The van der Waals surface area contributed by atoms with E-state index < -0.39 is 7.18 Å². The van der Waals surface area contributed by atoms with Gasteiger partial charge in [0.05, 0.1) is 6.61 Å². The highest BCUT2D eigenvalue weighted by molar-refractivity contribution is 14.1. The number of hydrogen-bond donors (Lipinski definition) is 1. The van der Waals surface area contributed by atoms with Gasteiger partial charge in [0.2, 0.25) is 4.86 Å². The molecule has 0 bridgehead atoms. The first-order valence-corrected chi connectivity index (χ1v) is 6.84. The van der Waals surface area contributed by atoms with Crippen LogP contribution < -0.4 is 0 Å². The minimum Gasteiger partial charge on any atom is -0.593 e. The van der Waals surface area contributed by atoms with Gasteiger partial charge in [0.25, 0.3) is 0 Å². The average Bonchev–Trinajstić information content (AvgIpc) is 2.12. The highest BCUT2D eigenvalue weighted by Crippen LogP contribution is 2.18. The van der Waals surface area contributed by atoms with Crippen molar-refractivity contribution in [1.29, 1.82) is 0 Å². The Morgan fingerprint density at radius 3 is 2.67 bits per heavy atom. The smallest absolute Gasteiger partial charge is 0.593 e. The maximum absolute atomic E-state index is 11.8. The molecule has 2 nitrogen and oxygen atoms in total. The molecular formula is C6H12B2F3IO2P. The molecule has 9 heteroatoms. The lowest BCUT2D eigenvalue weighted by atomic mass is 10.2. The molecule has 0 aliphatic carbocycles. The van der Waals surface area contributed by atoms with Gasteiger partial charge in [0.1, 0.15) is 6.61 Å². The van der Waals surface area contributed by atoms with Crippen molar-refractivity contribution < 1.29 is 22.7 Å². The van der Waals surface area contributed by atoms with Gasteiger partial charge < -0.3 is 22.7 Å². The predicted octanol–water partition coefficient (Wildman–Crippen LogP) is 1.81. The molecule has 1 atom stereocenters. The van der Waals surface area contributed by atoms with Crippen LogP contribution in [-0.2, 0) is 0 Å². The molecular weight excluding hydrogens is 341 g/mol. The summed E-state index contributed by atoms with van der Waals surface area (Å²) in [6, 6.07) is 0. The van der Waals surface area contributed by atoms with E-state index in [0.29, 0.717) is 14.6 Å². The summed E-state index contributed by atoms with van der Waals surface area (Å²) in [7, 11) is -4.46. The third-order valence-corrected chi connectivity index (χ3v) is 3.69. The van der Waals surface area contributed by atoms with Crippen LogP contribution in [0.15, 0.2) is 11.6 Å². The molecule has 0 aromatic carbocycles. The first kappa shape index (κ1) is 15.7. The second-order valence-corrected chi connectivity index (χ2v) is 5.58. The number of rotatable bonds is 8. The van der Waals surface area contributed by atoms with Gasteiger partial charge >= 0.3 is 7.18 Å². The molecule has 0 saturated carbocycles. The van der Waals surface area contributed by atoms with Crippen LogP contribution in [0.4, 0.5) is 12.9 Å². The Bertz CT molecular complexity index is 203. The van der Waals surface area contributed by atoms with Crippen molar-refractivity contribution in [1.82, 2.24) is 0 Å². The standard InChI is InChI=1S/C6H12B2F3IO2P/c9-8(10,11)14-4-2-6(1-3-13)5-15-7-12/h1,13-15H,2-5H2. The Balaban J connectivity index is 3.81. The lowest BCUT2D eigenvalue weighted by Gasteiger charge is -2.12. The summed E-state index contributed by atoms with van der Waals surface area (Å²) >= 11 is 2.10. The van der Waals surface area contributed by atoms with Gasteiger partial charge in [-0.05, 0) is 6.16 Å². The van der Waals surface area contributed by atoms with Crippen LogP contribution in [0.25, 0.3) is 0 Å². The summed E-state index contributed by atoms with van der Waals surface area (Å²) in [6.45, 7) is -0.362. The zero-order chi connectivity index (χ0) is 11.7. The van der Waals surface area contributed by atoms with Gasteiger partial charge in [0.15, 0.2) is 0 Å². The molecule has 0 fully saturated rings. The van der Waals surface area contributed by atoms with Gasteiger partial charge in [0, 0.05) is 6.42 Å². The summed E-state index contributed by atoms with van der Waals surface area (Å²) in [5.41, 5.74) is 0.840. The van der Waals surface area contributed by atoms with E-state index >= 15 is 0 Å². The molecule has 87 valence electrons. The maximum Gasteiger partial charge on any atom is 0.842 e. The van der Waals surface area contributed by atoms with Gasteiger partial charge in [-0.15, -0.1) is 8.46 Å². The number of hydrogen-bond acceptors (Lipinski definition) is 1. The molecule has 0 rings (SSSR count). The van der Waals surface area contributed by atoms with Crippen LogP contribution in [-0.4, -0.2) is 41.2 Å². The fourth-order valence-electron chi connectivity index (χ4n) is 0.916. The van der Waals surface area contributed by atoms with Crippen LogP contribution in [0, 0.1) is 0 Å². The van der Waals surface area contributed by atoms with Crippen molar-refractivity contribution in [2.45, 2.75) is 6.42 Å². The van der Waals surface area contributed by atoms with Gasteiger partial charge in [-0.2, -0.15) is 22.4 Å². The number of aliphatic hydroxyl groups is 2. The van der Waals surface area contributed by atoms with Crippen molar-refractivity contribution >= 4 is 42.9 Å². The van der Waals surface area contributed by atoms with Crippen molar-refractivity contribution in [3.05, 3.63) is 11.6 Å². The highest BCUT2D eigenvalue weighted by Gasteiger charge is 2.37. The monoisotopic (exact) mass is 353 g/mol. The van der Waals surface area contributed by atoms with Crippen LogP contribution in [0.5, 0.6) is 0 Å². The van der Waals surface area contributed by atoms with E-state index in [1.54, 1.807) is 6.08 Å². The lowest BCUT2D eigenvalue weighted by molar-refractivity contribution is 0.0376. The number of aliphatic hydroxyl groups excluding tert-OH is 1. The van der Waals surface area contributed by atoms with Crippen LogP contribution in [0.2, 0.25) is 0 Å². The van der Waals surface area contributed by atoms with E-state index in [-0.39, 0.29) is 19.6 Å². The minimum absolute atomic E-state index is 0.127. The largest absolute Gasteiger partial charge is 0.842 e. The summed E-state index contributed by atoms with van der Waals surface area (Å²) in [5.74, 6) is 0. The maximum atomic E-state index is 11.8. The first-order valence-electron chi connectivity index (χ1n) is 4.31. The molecule has 0 spiro atoms. The first-order chi connectivity index (χ1) is 6.99. The van der Waals surface area contributed by atoms with Gasteiger partial charge in [-0.3, -0.25) is 0 Å². The van der Waals surface area contributed by atoms with Gasteiger partial charge in [-0.1, -0.05) is 11.6 Å². The normalized spacial score (nSPS) is 13.8. The van der Waals surface area contributed by atoms with Crippen molar-refractivity contribution in [3.63, 3.8) is 0 Å². The molecule has 1 unspecified atom stereocenters. The third kappa shape index (κ3) is 11.0. The Morgan fingerprint density at radius 2 is 2.20 bits per heavy atom. The molecule has 0 saturated heterocycles. The van der Waals surface area contributed by atoms with E-state index in [1.807, 2.05) is 4.86 Å². The van der Waals surface area contributed by atoms with Crippen LogP contribution in [0.1, 0.15) is 6.42 Å². The van der Waals surface area contributed by atoms with Crippen LogP contribution in [0.3, 0.4) is 0 Å². The van der Waals surface area contributed by atoms with Crippen molar-refractivity contribution in [2.24, 2.45) is 0 Å². The van der Waals surface area contributed by atoms with E-state index in [0.717, 1.165) is 5.57 Å². The molecule has 15 heavy (non-hydrogen) atoms. The zero-order valence-electron chi connectivity index (χ0n) is 7.97. The Kier molecular flexibility index (Phi) is 9.28. The molecule has 0 aromatic heterocycles. The summed E-state index contributed by atoms with van der Waals surface area (Å²) < 4.78 is 37.9. The van der Waals surface area contributed by atoms with E-state index in [2.05, 4.69) is 27.0 Å². The fraction of sp³-hybridized carbons (Fsp3) is 0.667. The lowest BCUT2D eigenvalue weighted by Crippen LogP contribution is -2.26. The summed E-state index contributed by atoms with van der Waals surface area (Å²) in [5, 5.41) is 8.66. The number of halogens is 4. The SMILES string of the molecule is OCC=C(CC[OH+][B-](F)(F)F)CP[B]I. The third-order valence-electron chi connectivity index (χ3n) is 1.56. The van der Waals surface area contributed by atoms with E-state index in [1.165, 1.54) is 0 Å². The highest BCUT2D eigenvalue weighted by atomic mass is 127. The van der Waals surface area contributed by atoms with E-state index in [4.69, 9.17) is 5.11 Å². The average molecular weight is 353 g/mol. The Hall–Kier alpha value is 0.740. The molecule has 0 aliphatic heterocycles. The summed E-state index contributed by atoms with van der Waals surface area (Å²) in [6.07, 6.45) is 2.55. The van der Waals surface area contributed by atoms with Gasteiger partial charge in [-0.25, -0.2) is 0 Å². The second-order valence-electron chi connectivity index (χ2n) is 2.73. The quantitative estimate of drug-likeness (QED) is 0.233. The molecule has 0 aromatic rings. The fourth-order valence-corrected chi connectivity index (χ4v) is 2.24.